The van der Waals surface area contributed by atoms with Crippen LogP contribution < -0.4 is 4.74 Å². The fraction of sp³-hybridized carbons (Fsp3) is 0.789. The molecule has 1 heterocycles. The highest BCUT2D eigenvalue weighted by molar-refractivity contribution is 14.1. The Hall–Kier alpha value is -0.323. The van der Waals surface area contributed by atoms with Crippen molar-refractivity contribution >= 4 is 48.4 Å². The minimum atomic E-state index is -1.83. The lowest BCUT2D eigenvalue weighted by Crippen LogP contribution is -2.41. The average Bonchev–Trinajstić information content (AvgIpc) is 2.81. The third kappa shape index (κ3) is 6.88. The first kappa shape index (κ1) is 25.7. The van der Waals surface area contributed by atoms with Crippen molar-refractivity contribution in [3.63, 3.8) is 0 Å². The van der Waals surface area contributed by atoms with Crippen LogP contribution in [0.25, 0.3) is 0 Å². The molecule has 9 heteroatoms. The molecular formula is C19H35ClIN3O3Si. The largest absolute Gasteiger partial charge is 0.473 e. The highest BCUT2D eigenvalue weighted by atomic mass is 127. The number of hydrogen-bond acceptors (Lipinski definition) is 4. The minimum Gasteiger partial charge on any atom is -0.473 e. The molecule has 1 atom stereocenters. The van der Waals surface area contributed by atoms with Crippen molar-refractivity contribution in [1.29, 1.82) is 0 Å². The second-order valence-corrected chi connectivity index (χ2v) is 15.4. The van der Waals surface area contributed by atoms with Crippen LogP contribution in [0.5, 0.6) is 5.88 Å². The second-order valence-electron chi connectivity index (χ2n) is 8.87. The van der Waals surface area contributed by atoms with Crippen molar-refractivity contribution < 1.29 is 14.0 Å². The summed E-state index contributed by atoms with van der Waals surface area (Å²) in [7, 11) is -0.0764. The predicted octanol–water partition coefficient (Wildman–Crippen LogP) is 4.88. The monoisotopic (exact) mass is 543 g/mol. The minimum absolute atomic E-state index is 0.0235. The summed E-state index contributed by atoms with van der Waals surface area (Å²) in [6.07, 6.45) is 0.0235. The van der Waals surface area contributed by atoms with E-state index in [4.69, 9.17) is 20.8 Å². The van der Waals surface area contributed by atoms with Gasteiger partial charge in [-0.05, 0) is 61.5 Å². The van der Waals surface area contributed by atoms with E-state index in [9.17, 15) is 4.79 Å². The van der Waals surface area contributed by atoms with Gasteiger partial charge in [-0.15, -0.1) is 16.7 Å². The molecule has 0 radical (unpaired) electrons. The average molecular weight is 544 g/mol. The Labute approximate surface area is 189 Å². The molecule has 28 heavy (non-hydrogen) atoms. The van der Waals surface area contributed by atoms with Crippen molar-refractivity contribution in [2.75, 3.05) is 13.7 Å². The van der Waals surface area contributed by atoms with E-state index in [2.05, 4.69) is 61.6 Å². The van der Waals surface area contributed by atoms with Crippen LogP contribution in [0, 0.1) is 3.57 Å². The molecule has 0 fully saturated rings. The maximum absolute atomic E-state index is 12.2. The van der Waals surface area contributed by atoms with Crippen molar-refractivity contribution in [1.82, 2.24) is 14.7 Å². The molecule has 1 aromatic heterocycles. The molecule has 162 valence electrons. The normalized spacial score (nSPS) is 13.7. The summed E-state index contributed by atoms with van der Waals surface area (Å²) in [5.41, 5.74) is 0.934. The quantitative estimate of drug-likeness (QED) is 0.253. The molecule has 0 bridgehead atoms. The van der Waals surface area contributed by atoms with Gasteiger partial charge in [0.2, 0.25) is 11.8 Å². The topological polar surface area (TPSA) is 56.6 Å². The van der Waals surface area contributed by atoms with Gasteiger partial charge in [0.05, 0.1) is 35.1 Å². The molecule has 0 saturated carbocycles. The summed E-state index contributed by atoms with van der Waals surface area (Å²) in [5, 5.41) is 4.23. The molecular weight excluding hydrogens is 509 g/mol. The van der Waals surface area contributed by atoms with Crippen molar-refractivity contribution in [3.8, 4) is 5.88 Å². The smallest absolute Gasteiger partial charge is 0.247 e. The van der Waals surface area contributed by atoms with Gasteiger partial charge in [-0.1, -0.05) is 20.8 Å². The van der Waals surface area contributed by atoms with Gasteiger partial charge in [-0.2, -0.15) is 0 Å². The van der Waals surface area contributed by atoms with Crippen LogP contribution in [-0.2, 0) is 22.3 Å². The molecule has 1 rings (SSSR count). The number of alkyl halides is 1. The summed E-state index contributed by atoms with van der Waals surface area (Å²) >= 11 is 8.20. The first-order chi connectivity index (χ1) is 12.7. The lowest BCUT2D eigenvalue weighted by atomic mass is 10.2. The zero-order valence-corrected chi connectivity index (χ0v) is 22.5. The number of amides is 1. The second kappa shape index (κ2) is 10.1. The number of halogens is 2. The van der Waals surface area contributed by atoms with E-state index in [1.807, 2.05) is 18.5 Å². The van der Waals surface area contributed by atoms with Gasteiger partial charge in [0.15, 0.2) is 8.32 Å². The van der Waals surface area contributed by atoms with Crippen LogP contribution in [0.15, 0.2) is 0 Å². The van der Waals surface area contributed by atoms with E-state index in [0.717, 1.165) is 9.26 Å². The Morgan fingerprint density at radius 1 is 1.32 bits per heavy atom. The standard InChI is InChI=1S/C19H35ClIN3O3Si/c1-13(2)27-17-16(21)15(12-23(7)18(25)14(3)20)24(22-17)10-11-26-28(8,9)19(4,5)6/h13-14H,10-12H2,1-9H3/t14-/m0/s1. The summed E-state index contributed by atoms with van der Waals surface area (Å²) in [5.74, 6) is 0.478. The van der Waals surface area contributed by atoms with Gasteiger partial charge in [-0.3, -0.25) is 9.48 Å². The number of carbonyl (C=O) groups excluding carboxylic acids is 1. The van der Waals surface area contributed by atoms with Crippen molar-refractivity contribution in [2.45, 2.75) is 84.2 Å². The molecule has 0 aliphatic heterocycles. The number of nitrogens with zero attached hydrogens (tertiary/aromatic N) is 3. The fourth-order valence-corrected chi connectivity index (χ4v) is 4.18. The van der Waals surface area contributed by atoms with Crippen molar-refractivity contribution in [2.24, 2.45) is 0 Å². The molecule has 0 aliphatic rings. The summed E-state index contributed by atoms with van der Waals surface area (Å²) in [4.78, 5) is 13.8. The highest BCUT2D eigenvalue weighted by Crippen LogP contribution is 2.36. The molecule has 0 N–H and O–H groups in total. The van der Waals surface area contributed by atoms with E-state index < -0.39 is 13.7 Å². The van der Waals surface area contributed by atoms with Crippen LogP contribution in [0.4, 0.5) is 0 Å². The van der Waals surface area contributed by atoms with Gasteiger partial charge in [-0.25, -0.2) is 0 Å². The SMILES string of the molecule is CC(C)Oc1nn(CCO[Si](C)(C)C(C)(C)C)c(CN(C)C(=O)[C@H](C)Cl)c1I. The van der Waals surface area contributed by atoms with Gasteiger partial charge >= 0.3 is 0 Å². The third-order valence-electron chi connectivity index (χ3n) is 4.99. The molecule has 0 spiro atoms. The van der Waals surface area contributed by atoms with Gasteiger partial charge in [0, 0.05) is 7.05 Å². The summed E-state index contributed by atoms with van der Waals surface area (Å²) in [6, 6.07) is 0. The van der Waals surface area contributed by atoms with E-state index >= 15 is 0 Å². The van der Waals surface area contributed by atoms with Gasteiger partial charge in [0.25, 0.3) is 0 Å². The molecule has 0 aromatic carbocycles. The Balaban J connectivity index is 3.03. The Kier molecular flexibility index (Phi) is 9.30. The zero-order valence-electron chi connectivity index (χ0n) is 18.6. The molecule has 1 amide bonds. The van der Waals surface area contributed by atoms with E-state index in [0.29, 0.717) is 25.6 Å². The molecule has 0 unspecified atom stereocenters. The zero-order chi connectivity index (χ0) is 21.9. The van der Waals surface area contributed by atoms with Crippen LogP contribution in [0.3, 0.4) is 0 Å². The molecule has 6 nitrogen and oxygen atoms in total. The maximum atomic E-state index is 12.2. The van der Waals surface area contributed by atoms with Crippen molar-refractivity contribution in [3.05, 3.63) is 9.26 Å². The molecule has 0 aliphatic carbocycles. The van der Waals surface area contributed by atoms with E-state index in [1.54, 1.807) is 18.9 Å². The van der Waals surface area contributed by atoms with E-state index in [1.165, 1.54) is 0 Å². The lowest BCUT2D eigenvalue weighted by molar-refractivity contribution is -0.129. The number of carbonyl (C=O) groups is 1. The molecule has 0 saturated heterocycles. The third-order valence-corrected chi connectivity index (χ3v) is 10.8. The predicted molar refractivity (Wildman–Crippen MR) is 126 cm³/mol. The van der Waals surface area contributed by atoms with E-state index in [-0.39, 0.29) is 17.0 Å². The fourth-order valence-electron chi connectivity index (χ4n) is 2.30. The van der Waals surface area contributed by atoms with Gasteiger partial charge in [0.1, 0.15) is 5.38 Å². The Morgan fingerprint density at radius 3 is 2.36 bits per heavy atom. The molecule has 1 aromatic rings. The lowest BCUT2D eigenvalue weighted by Gasteiger charge is -2.36. The highest BCUT2D eigenvalue weighted by Gasteiger charge is 2.37. The van der Waals surface area contributed by atoms with Crippen LogP contribution in [0.1, 0.15) is 47.2 Å². The number of rotatable bonds is 9. The van der Waals surface area contributed by atoms with Crippen LogP contribution in [0.2, 0.25) is 18.1 Å². The number of aromatic nitrogens is 2. The summed E-state index contributed by atoms with van der Waals surface area (Å²) < 4.78 is 15.0. The number of hydrogen-bond donors (Lipinski definition) is 0. The van der Waals surface area contributed by atoms with Crippen LogP contribution in [-0.4, -0.2) is 54.0 Å². The Morgan fingerprint density at radius 2 is 1.89 bits per heavy atom. The number of ether oxygens (including phenoxy) is 1. The van der Waals surface area contributed by atoms with Crippen LogP contribution >= 0.6 is 34.2 Å². The Bertz CT molecular complexity index is 672. The summed E-state index contributed by atoms with van der Waals surface area (Å²) in [6.45, 7) is 18.4. The first-order valence-electron chi connectivity index (χ1n) is 9.62. The maximum Gasteiger partial charge on any atom is 0.247 e. The first-order valence-corrected chi connectivity index (χ1v) is 14.0. The van der Waals surface area contributed by atoms with Gasteiger partial charge < -0.3 is 14.1 Å².